The predicted octanol–water partition coefficient (Wildman–Crippen LogP) is 29.9. The summed E-state index contributed by atoms with van der Waals surface area (Å²) in [6, 6.07) is 74.7. The van der Waals surface area contributed by atoms with Gasteiger partial charge in [-0.3, -0.25) is 0 Å². The number of aryl methyl sites for hydroxylation is 2. The van der Waals surface area contributed by atoms with E-state index in [1.807, 2.05) is 176 Å². The molecule has 0 heterocycles. The molecule has 0 spiro atoms. The molecule has 10 aromatic rings. The zero-order valence-electron chi connectivity index (χ0n) is 68.6. The molecular formula is C97H120Cl2F4O4. The SMILES string of the molecule is C#Cc1cccc(C(C)(C)C)c1.CC(C)(C)c1ccc(Cl)c(C(F)(F)F)c1.CC(C)(C)c1ccc(O)cc1.CC(C)(C)c1ccc(Oc2ccccc2)cc1.CC(C)(C)c1cccc(Cl)c1.CC(C)(C)c1cccc(O)c1.Cc1ccc(F)c(C(C)(C)C)c1.Cc1ccc(Oc2cccc(C(C)(C)C)c2)cc1. The first-order chi connectivity index (χ1) is 49.1. The monoisotopic (exact) mass is 1490 g/mol. The van der Waals surface area contributed by atoms with Crippen molar-refractivity contribution in [2.75, 3.05) is 0 Å². The van der Waals surface area contributed by atoms with Crippen LogP contribution in [0.3, 0.4) is 0 Å². The van der Waals surface area contributed by atoms with E-state index >= 15 is 0 Å². The lowest BCUT2D eigenvalue weighted by molar-refractivity contribution is -0.137. The second-order valence-electron chi connectivity index (χ2n) is 34.9. The van der Waals surface area contributed by atoms with Crippen LogP contribution in [0.25, 0.3) is 0 Å². The van der Waals surface area contributed by atoms with Crippen molar-refractivity contribution in [2.45, 2.75) is 230 Å². The summed E-state index contributed by atoms with van der Waals surface area (Å²) in [6.45, 7) is 54.9. The van der Waals surface area contributed by atoms with Gasteiger partial charge >= 0.3 is 6.18 Å². The lowest BCUT2D eigenvalue weighted by Gasteiger charge is -2.21. The summed E-state index contributed by atoms with van der Waals surface area (Å²) in [5, 5.41) is 18.8. The fourth-order valence-corrected chi connectivity index (χ4v) is 10.2. The van der Waals surface area contributed by atoms with Gasteiger partial charge in [0, 0.05) is 10.6 Å². The van der Waals surface area contributed by atoms with E-state index in [0.29, 0.717) is 17.1 Å². The van der Waals surface area contributed by atoms with Crippen LogP contribution in [0.5, 0.6) is 34.5 Å². The number of benzene rings is 10. The quantitative estimate of drug-likeness (QED) is 0.136. The Morgan fingerprint density at radius 2 is 0.673 bits per heavy atom. The standard InChI is InChI=1S/C17H20O.C16H18O.C12H14.C11H12ClF3.C11H15F.C10H13Cl.2C10H14O/c1-13-8-10-15(11-9-13)18-16-7-5-6-14(12-16)17(2,3)4;1-16(2,3)13-9-11-15(12-10-13)17-14-7-5-4-6-8-14;1-5-10-7-6-8-11(9-10)12(2,3)4;1-10(2,3)7-4-5-9(12)8(6-7)11(13,14)15;1-8-5-6-10(12)9(7-8)11(2,3)4;1-10(2,3)8-5-4-6-9(11)7-8;1-10(2,3)8-4-6-9(11)7-5-8;1-10(2,3)8-5-4-6-9(11)7-8/h5-12H,1-4H3;4-12H,1-3H3;1,6-9H,2-4H3;4-6H,1-3H3;5-7H,1-4H3;4-7H,1-3H3;2*4-7,11H,1-3H3. The molecule has 10 rings (SSSR count). The van der Waals surface area contributed by atoms with Gasteiger partial charge in [-0.2, -0.15) is 13.2 Å². The van der Waals surface area contributed by atoms with Crippen molar-refractivity contribution in [1.29, 1.82) is 0 Å². The molecule has 0 aromatic heterocycles. The first-order valence-corrected chi connectivity index (χ1v) is 37.1. The van der Waals surface area contributed by atoms with Gasteiger partial charge in [-0.25, -0.2) is 4.39 Å². The molecule has 0 amide bonds. The van der Waals surface area contributed by atoms with Gasteiger partial charge in [0.05, 0.1) is 10.6 Å². The van der Waals surface area contributed by atoms with E-state index < -0.39 is 11.7 Å². The molecule has 0 unspecified atom stereocenters. The fourth-order valence-electron chi connectivity index (χ4n) is 9.80. The van der Waals surface area contributed by atoms with E-state index in [1.165, 1.54) is 45.5 Å². The van der Waals surface area contributed by atoms with Crippen LogP contribution in [0.2, 0.25) is 10.0 Å². The van der Waals surface area contributed by atoms with E-state index in [2.05, 4.69) is 192 Å². The maximum absolute atomic E-state index is 13.3. The van der Waals surface area contributed by atoms with E-state index in [-0.39, 0.29) is 54.2 Å². The van der Waals surface area contributed by atoms with Crippen LogP contribution in [-0.4, -0.2) is 10.2 Å². The number of rotatable bonds is 4. The highest BCUT2D eigenvalue weighted by molar-refractivity contribution is 6.31. The summed E-state index contributed by atoms with van der Waals surface area (Å²) in [5.41, 5.74) is 12.1. The fraction of sp³-hybridized carbons (Fsp3) is 0.361. The largest absolute Gasteiger partial charge is 0.508 e. The zero-order valence-corrected chi connectivity index (χ0v) is 70.1. The lowest BCUT2D eigenvalue weighted by Crippen LogP contribution is -2.14. The van der Waals surface area contributed by atoms with Crippen molar-refractivity contribution >= 4 is 23.2 Å². The topological polar surface area (TPSA) is 58.9 Å². The summed E-state index contributed by atoms with van der Waals surface area (Å²) in [6.07, 6.45) is 0.921. The summed E-state index contributed by atoms with van der Waals surface area (Å²) in [7, 11) is 0. The Kier molecular flexibility index (Phi) is 34.5. The third-order valence-corrected chi connectivity index (χ3v) is 17.3. The van der Waals surface area contributed by atoms with Crippen molar-refractivity contribution in [2.24, 2.45) is 0 Å². The zero-order chi connectivity index (χ0) is 81.3. The summed E-state index contributed by atoms with van der Waals surface area (Å²) in [4.78, 5) is 0. The van der Waals surface area contributed by atoms with Crippen molar-refractivity contribution in [1.82, 2.24) is 0 Å². The number of para-hydroxylation sites is 1. The van der Waals surface area contributed by atoms with Crippen LogP contribution in [0, 0.1) is 32.0 Å². The van der Waals surface area contributed by atoms with Crippen LogP contribution in [-0.2, 0) is 49.5 Å². The summed E-state index contributed by atoms with van der Waals surface area (Å²) in [5.74, 6) is 6.74. The van der Waals surface area contributed by atoms with Gasteiger partial charge in [-0.15, -0.1) is 6.42 Å². The van der Waals surface area contributed by atoms with Gasteiger partial charge in [0.15, 0.2) is 0 Å². The molecule has 2 N–H and O–H groups in total. The molecule has 0 fully saturated rings. The van der Waals surface area contributed by atoms with Crippen molar-refractivity contribution in [3.05, 3.63) is 319 Å². The van der Waals surface area contributed by atoms with Gasteiger partial charge in [0.2, 0.25) is 0 Å². The highest BCUT2D eigenvalue weighted by Crippen LogP contribution is 2.38. The van der Waals surface area contributed by atoms with Gasteiger partial charge < -0.3 is 19.7 Å². The molecule has 107 heavy (non-hydrogen) atoms. The molecule has 0 saturated carbocycles. The van der Waals surface area contributed by atoms with Gasteiger partial charge in [-0.05, 0) is 217 Å². The molecule has 0 aliphatic rings. The van der Waals surface area contributed by atoms with Crippen molar-refractivity contribution in [3.63, 3.8) is 0 Å². The molecule has 0 bridgehead atoms. The number of phenolic OH excluding ortho intramolecular Hbond substituents is 2. The highest BCUT2D eigenvalue weighted by Gasteiger charge is 2.34. The molecule has 0 radical (unpaired) electrons. The molecule has 0 atom stereocenters. The minimum absolute atomic E-state index is 0.101. The predicted molar refractivity (Wildman–Crippen MR) is 450 cm³/mol. The lowest BCUT2D eigenvalue weighted by atomic mass is 9.86. The van der Waals surface area contributed by atoms with E-state index in [4.69, 9.17) is 44.2 Å². The Labute approximate surface area is 652 Å². The van der Waals surface area contributed by atoms with Crippen LogP contribution in [0.4, 0.5) is 17.6 Å². The third-order valence-electron chi connectivity index (χ3n) is 16.8. The highest BCUT2D eigenvalue weighted by atomic mass is 35.5. The Bertz CT molecular complexity index is 4280. The number of aromatic hydroxyl groups is 2. The molecule has 4 nitrogen and oxygen atoms in total. The average Bonchev–Trinajstić information content (AvgIpc) is 0.818. The Hall–Kier alpha value is -8.74. The Balaban J connectivity index is 0.000000320. The maximum Gasteiger partial charge on any atom is 0.417 e. The first kappa shape index (κ1) is 92.5. The van der Waals surface area contributed by atoms with Gasteiger partial charge in [-0.1, -0.05) is 328 Å². The summed E-state index contributed by atoms with van der Waals surface area (Å²) < 4.78 is 62.5. The smallest absolute Gasteiger partial charge is 0.417 e. The number of alkyl halides is 3. The molecule has 10 aromatic carbocycles. The number of ether oxygens (including phenoxy) is 2. The Morgan fingerprint density at radius 3 is 1.08 bits per heavy atom. The number of terminal acetylenes is 1. The van der Waals surface area contributed by atoms with Crippen LogP contribution >= 0.6 is 23.2 Å². The van der Waals surface area contributed by atoms with Crippen LogP contribution in [0.1, 0.15) is 233 Å². The van der Waals surface area contributed by atoms with E-state index in [1.54, 1.807) is 36.4 Å². The van der Waals surface area contributed by atoms with Gasteiger partial charge in [0.1, 0.15) is 40.3 Å². The Morgan fingerprint density at radius 1 is 0.308 bits per heavy atom. The number of hydrogen-bond donors (Lipinski definition) is 2. The number of halogens is 6. The molecule has 0 saturated heterocycles. The van der Waals surface area contributed by atoms with Crippen molar-refractivity contribution < 1.29 is 37.2 Å². The normalized spacial score (nSPS) is 11.6. The van der Waals surface area contributed by atoms with E-state index in [9.17, 15) is 22.7 Å². The number of hydrogen-bond acceptors (Lipinski definition) is 4. The molecule has 574 valence electrons. The summed E-state index contributed by atoms with van der Waals surface area (Å²) >= 11 is 11.4. The van der Waals surface area contributed by atoms with Crippen LogP contribution < -0.4 is 9.47 Å². The second kappa shape index (κ2) is 39.9. The van der Waals surface area contributed by atoms with Crippen LogP contribution in [0.15, 0.2) is 237 Å². The molecule has 0 aliphatic heterocycles. The van der Waals surface area contributed by atoms with Gasteiger partial charge in [0.25, 0.3) is 0 Å². The second-order valence-corrected chi connectivity index (χ2v) is 35.7. The first-order valence-electron chi connectivity index (χ1n) is 36.3. The minimum Gasteiger partial charge on any atom is -0.508 e. The minimum atomic E-state index is -4.39. The molecular weight excluding hydrogens is 1380 g/mol. The molecule has 10 heteroatoms. The maximum atomic E-state index is 13.3. The van der Waals surface area contributed by atoms with Crippen molar-refractivity contribution in [3.8, 4) is 46.8 Å². The van der Waals surface area contributed by atoms with E-state index in [0.717, 1.165) is 56.3 Å². The number of phenols is 2. The molecule has 0 aliphatic carbocycles. The third kappa shape index (κ3) is 34.8. The average molecular weight is 1500 g/mol.